The summed E-state index contributed by atoms with van der Waals surface area (Å²) in [6.45, 7) is 6.09. The summed E-state index contributed by atoms with van der Waals surface area (Å²) in [7, 11) is 0. The van der Waals surface area contributed by atoms with Gasteiger partial charge in [-0.2, -0.15) is 0 Å². The molecule has 4 rings (SSSR count). The molecule has 2 heterocycles. The zero-order valence-corrected chi connectivity index (χ0v) is 16.8. The monoisotopic (exact) mass is 387 g/mol. The van der Waals surface area contributed by atoms with Crippen LogP contribution >= 0.6 is 0 Å². The Balaban J connectivity index is 1.38. The molecule has 5 nitrogen and oxygen atoms in total. The van der Waals surface area contributed by atoms with Gasteiger partial charge >= 0.3 is 6.09 Å². The Bertz CT molecular complexity index is 985. The van der Waals surface area contributed by atoms with Gasteiger partial charge in [-0.3, -0.25) is 10.3 Å². The van der Waals surface area contributed by atoms with E-state index >= 15 is 0 Å². The second-order valence-corrected chi connectivity index (χ2v) is 7.61. The summed E-state index contributed by atoms with van der Waals surface area (Å²) in [5, 5.41) is 2.79. The lowest BCUT2D eigenvalue weighted by atomic mass is 10.0. The quantitative estimate of drug-likeness (QED) is 0.639. The Morgan fingerprint density at radius 1 is 1.10 bits per heavy atom. The number of carbonyl (C=O) groups excluding carboxylic acids is 1. The lowest BCUT2D eigenvalue weighted by Crippen LogP contribution is -2.19. The molecule has 0 saturated heterocycles. The van der Waals surface area contributed by atoms with Crippen molar-refractivity contribution >= 4 is 17.5 Å². The van der Waals surface area contributed by atoms with Crippen molar-refractivity contribution in [2.45, 2.75) is 32.7 Å². The van der Waals surface area contributed by atoms with Crippen molar-refractivity contribution in [3.05, 3.63) is 83.7 Å². The number of pyridine rings is 1. The van der Waals surface area contributed by atoms with E-state index in [1.54, 1.807) is 0 Å². The molecule has 0 fully saturated rings. The molecule has 1 aromatic heterocycles. The van der Waals surface area contributed by atoms with Gasteiger partial charge in [-0.1, -0.05) is 26.0 Å². The van der Waals surface area contributed by atoms with Crippen molar-refractivity contribution in [2.24, 2.45) is 0 Å². The maximum absolute atomic E-state index is 12.3. The van der Waals surface area contributed by atoms with E-state index < -0.39 is 6.09 Å². The molecule has 1 aliphatic rings. The van der Waals surface area contributed by atoms with Crippen LogP contribution in [0.25, 0.3) is 0 Å². The maximum atomic E-state index is 12.3. The van der Waals surface area contributed by atoms with Gasteiger partial charge in [-0.05, 0) is 71.5 Å². The number of anilines is 2. The van der Waals surface area contributed by atoms with E-state index in [2.05, 4.69) is 29.0 Å². The van der Waals surface area contributed by atoms with Gasteiger partial charge in [0.1, 0.15) is 5.75 Å². The lowest BCUT2D eigenvalue weighted by Gasteiger charge is -2.19. The predicted molar refractivity (Wildman–Crippen MR) is 116 cm³/mol. The van der Waals surface area contributed by atoms with E-state index in [9.17, 15) is 4.79 Å². The molecule has 1 amide bonds. The number of hydrogen-bond donors (Lipinski definition) is 1. The molecular weight excluding hydrogens is 362 g/mol. The van der Waals surface area contributed by atoms with Gasteiger partial charge in [0.15, 0.2) is 0 Å². The summed E-state index contributed by atoms with van der Waals surface area (Å²) in [5.41, 5.74) is 5.59. The molecule has 2 aromatic carbocycles. The van der Waals surface area contributed by atoms with Gasteiger partial charge in [-0.25, -0.2) is 4.79 Å². The maximum Gasteiger partial charge on any atom is 0.417 e. The first-order chi connectivity index (χ1) is 14.1. The van der Waals surface area contributed by atoms with Gasteiger partial charge in [0.05, 0.1) is 0 Å². The highest BCUT2D eigenvalue weighted by atomic mass is 16.6. The first-order valence-corrected chi connectivity index (χ1v) is 9.94. The smallest absolute Gasteiger partial charge is 0.410 e. The average molecular weight is 387 g/mol. The first-order valence-electron chi connectivity index (χ1n) is 9.94. The molecule has 29 heavy (non-hydrogen) atoms. The third-order valence-electron chi connectivity index (χ3n) is 5.20. The molecule has 0 atom stereocenters. The number of amides is 1. The lowest BCUT2D eigenvalue weighted by molar-refractivity contribution is 0.215. The minimum Gasteiger partial charge on any atom is -0.410 e. The van der Waals surface area contributed by atoms with Crippen LogP contribution in [0.5, 0.6) is 5.75 Å². The van der Waals surface area contributed by atoms with Gasteiger partial charge in [0, 0.05) is 36.9 Å². The summed E-state index contributed by atoms with van der Waals surface area (Å²) >= 11 is 0. The van der Waals surface area contributed by atoms with E-state index in [0.29, 0.717) is 11.7 Å². The molecule has 0 spiro atoms. The zero-order valence-electron chi connectivity index (χ0n) is 16.8. The second kappa shape index (κ2) is 8.35. The summed E-state index contributed by atoms with van der Waals surface area (Å²) in [6, 6.07) is 17.8. The SMILES string of the molecule is CC(C)c1ccc(NC(=O)Oc2ccc3c(c2)CCN3Cc2ccncc2)cc1. The number of ether oxygens (including phenoxy) is 1. The second-order valence-electron chi connectivity index (χ2n) is 7.61. The highest BCUT2D eigenvalue weighted by Crippen LogP contribution is 2.32. The largest absolute Gasteiger partial charge is 0.417 e. The highest BCUT2D eigenvalue weighted by molar-refractivity contribution is 5.86. The van der Waals surface area contributed by atoms with E-state index in [-0.39, 0.29) is 0 Å². The molecule has 0 radical (unpaired) electrons. The van der Waals surface area contributed by atoms with Crippen molar-refractivity contribution in [2.75, 3.05) is 16.8 Å². The summed E-state index contributed by atoms with van der Waals surface area (Å²) in [5.74, 6) is 1.02. The predicted octanol–water partition coefficient (Wildman–Crippen LogP) is 5.38. The van der Waals surface area contributed by atoms with Gasteiger partial charge < -0.3 is 9.64 Å². The minimum absolute atomic E-state index is 0.459. The van der Waals surface area contributed by atoms with Crippen LogP contribution in [0.4, 0.5) is 16.2 Å². The van der Waals surface area contributed by atoms with Crippen LogP contribution in [0.3, 0.4) is 0 Å². The minimum atomic E-state index is -0.478. The Morgan fingerprint density at radius 2 is 1.86 bits per heavy atom. The molecule has 1 aliphatic heterocycles. The van der Waals surface area contributed by atoms with Crippen LogP contribution < -0.4 is 15.0 Å². The molecule has 1 N–H and O–H groups in total. The van der Waals surface area contributed by atoms with Gasteiger partial charge in [-0.15, -0.1) is 0 Å². The van der Waals surface area contributed by atoms with Crippen molar-refractivity contribution in [1.29, 1.82) is 0 Å². The van der Waals surface area contributed by atoms with E-state index in [0.717, 1.165) is 25.2 Å². The van der Waals surface area contributed by atoms with Crippen molar-refractivity contribution in [1.82, 2.24) is 4.98 Å². The van der Waals surface area contributed by atoms with E-state index in [4.69, 9.17) is 4.74 Å². The number of fused-ring (bicyclic) bond motifs is 1. The van der Waals surface area contributed by atoms with E-state index in [1.807, 2.05) is 67.0 Å². The van der Waals surface area contributed by atoms with Crippen LogP contribution in [0.1, 0.15) is 36.5 Å². The van der Waals surface area contributed by atoms with E-state index in [1.165, 1.54) is 22.4 Å². The Hall–Kier alpha value is -3.34. The molecule has 0 saturated carbocycles. The zero-order chi connectivity index (χ0) is 20.2. The van der Waals surface area contributed by atoms with Crippen LogP contribution in [0, 0.1) is 0 Å². The van der Waals surface area contributed by atoms with Crippen molar-refractivity contribution in [3.8, 4) is 5.75 Å². The van der Waals surface area contributed by atoms with Crippen LogP contribution in [0.15, 0.2) is 67.0 Å². The number of hydrogen-bond acceptors (Lipinski definition) is 4. The third-order valence-corrected chi connectivity index (χ3v) is 5.20. The Morgan fingerprint density at radius 3 is 2.59 bits per heavy atom. The molecule has 0 unspecified atom stereocenters. The first kappa shape index (κ1) is 19.0. The third kappa shape index (κ3) is 4.57. The fraction of sp³-hybridized carbons (Fsp3) is 0.250. The number of nitrogens with zero attached hydrogens (tertiary/aromatic N) is 2. The van der Waals surface area contributed by atoms with Crippen LogP contribution in [-0.2, 0) is 13.0 Å². The molecule has 0 bridgehead atoms. The number of nitrogens with one attached hydrogen (secondary N) is 1. The molecule has 148 valence electrons. The van der Waals surface area contributed by atoms with Crippen molar-refractivity contribution < 1.29 is 9.53 Å². The topological polar surface area (TPSA) is 54.5 Å². The van der Waals surface area contributed by atoms with Crippen LogP contribution in [0.2, 0.25) is 0 Å². The molecule has 3 aromatic rings. The standard InChI is InChI=1S/C24H25N3O2/c1-17(2)19-3-5-21(6-4-19)26-24(28)29-22-7-8-23-20(15-22)11-14-27(23)16-18-9-12-25-13-10-18/h3-10,12-13,15,17H,11,14,16H2,1-2H3,(H,26,28). The highest BCUT2D eigenvalue weighted by Gasteiger charge is 2.20. The number of benzene rings is 2. The van der Waals surface area contributed by atoms with Gasteiger partial charge in [0.25, 0.3) is 0 Å². The Labute approximate surface area is 171 Å². The molecule has 5 heteroatoms. The number of rotatable bonds is 5. The molecular formula is C24H25N3O2. The summed E-state index contributed by atoms with van der Waals surface area (Å²) in [4.78, 5) is 18.7. The van der Waals surface area contributed by atoms with Crippen molar-refractivity contribution in [3.63, 3.8) is 0 Å². The number of aromatic nitrogens is 1. The Kier molecular flexibility index (Phi) is 5.47. The van der Waals surface area contributed by atoms with Crippen LogP contribution in [-0.4, -0.2) is 17.6 Å². The summed E-state index contributed by atoms with van der Waals surface area (Å²) < 4.78 is 5.50. The fourth-order valence-corrected chi connectivity index (χ4v) is 3.58. The average Bonchev–Trinajstić information content (AvgIpc) is 3.11. The normalized spacial score (nSPS) is 12.7. The number of carbonyl (C=O) groups is 1. The van der Waals surface area contributed by atoms with Gasteiger partial charge in [0.2, 0.25) is 0 Å². The summed E-state index contributed by atoms with van der Waals surface area (Å²) in [6.07, 6.45) is 4.10. The molecule has 0 aliphatic carbocycles. The fourth-order valence-electron chi connectivity index (χ4n) is 3.58.